The Balaban J connectivity index is 1.36. The Morgan fingerprint density at radius 3 is 2.77 bits per heavy atom. The molecule has 1 N–H and O–H groups in total. The van der Waals surface area contributed by atoms with E-state index in [0.717, 1.165) is 50.5 Å². The topological polar surface area (TPSA) is 45.2 Å². The van der Waals surface area contributed by atoms with Crippen molar-refractivity contribution in [2.45, 2.75) is 32.1 Å². The van der Waals surface area contributed by atoms with Crippen LogP contribution in [0.4, 0.5) is 13.6 Å². The van der Waals surface area contributed by atoms with Crippen molar-refractivity contribution in [1.29, 1.82) is 0 Å². The van der Waals surface area contributed by atoms with Gasteiger partial charge < -0.3 is 10.2 Å². The van der Waals surface area contributed by atoms with Gasteiger partial charge in [-0.15, -0.1) is 11.3 Å². The highest BCUT2D eigenvalue weighted by atomic mass is 32.1. The van der Waals surface area contributed by atoms with E-state index in [-0.39, 0.29) is 6.03 Å². The molecule has 0 bridgehead atoms. The fourth-order valence-corrected chi connectivity index (χ4v) is 3.87. The molecule has 1 saturated heterocycles. The lowest BCUT2D eigenvalue weighted by Gasteiger charge is -2.32. The number of hydrogen-bond donors (Lipinski definition) is 1. The second-order valence-electron chi connectivity index (χ2n) is 6.67. The number of carbonyl (C=O) groups excluding carboxylic acids is 1. The van der Waals surface area contributed by atoms with Crippen LogP contribution in [0.3, 0.4) is 0 Å². The van der Waals surface area contributed by atoms with E-state index in [1.54, 1.807) is 16.8 Å². The maximum absolute atomic E-state index is 13.7. The van der Waals surface area contributed by atoms with Crippen LogP contribution < -0.4 is 5.32 Å². The normalized spacial score (nSPS) is 15.2. The van der Waals surface area contributed by atoms with Gasteiger partial charge in [0, 0.05) is 37.5 Å². The van der Waals surface area contributed by atoms with E-state index in [4.69, 9.17) is 0 Å². The van der Waals surface area contributed by atoms with E-state index in [1.807, 2.05) is 10.3 Å². The van der Waals surface area contributed by atoms with Crippen LogP contribution in [0.2, 0.25) is 0 Å². The minimum absolute atomic E-state index is 0.0248. The minimum atomic E-state index is -0.541. The summed E-state index contributed by atoms with van der Waals surface area (Å²) in [5, 5.41) is 4.93. The third kappa shape index (κ3) is 5.24. The van der Waals surface area contributed by atoms with Gasteiger partial charge in [-0.3, -0.25) is 0 Å². The molecule has 1 aliphatic heterocycles. The van der Waals surface area contributed by atoms with Gasteiger partial charge in [0.1, 0.15) is 11.6 Å². The van der Waals surface area contributed by atoms with Gasteiger partial charge in [-0.1, -0.05) is 6.07 Å². The van der Waals surface area contributed by atoms with Crippen molar-refractivity contribution < 1.29 is 13.6 Å². The number of hydrogen-bond acceptors (Lipinski definition) is 3. The molecule has 4 nitrogen and oxygen atoms in total. The van der Waals surface area contributed by atoms with Crippen molar-refractivity contribution in [1.82, 2.24) is 15.2 Å². The molecular weight excluding hydrogens is 356 g/mol. The number of thiazole rings is 1. The molecule has 0 spiro atoms. The summed E-state index contributed by atoms with van der Waals surface area (Å²) in [6.07, 6.45) is 4.05. The number of carbonyl (C=O) groups is 1. The second-order valence-corrected chi connectivity index (χ2v) is 7.39. The number of amides is 2. The van der Waals surface area contributed by atoms with Crippen LogP contribution in [-0.2, 0) is 12.8 Å². The molecule has 2 heterocycles. The molecule has 0 unspecified atom stereocenters. The van der Waals surface area contributed by atoms with Crippen LogP contribution in [0.15, 0.2) is 29.1 Å². The second kappa shape index (κ2) is 9.07. The average molecular weight is 379 g/mol. The fourth-order valence-electron chi connectivity index (χ4n) is 3.28. The van der Waals surface area contributed by atoms with E-state index >= 15 is 0 Å². The molecule has 0 aliphatic carbocycles. The van der Waals surface area contributed by atoms with E-state index in [0.29, 0.717) is 24.4 Å². The summed E-state index contributed by atoms with van der Waals surface area (Å²) < 4.78 is 26.6. The quantitative estimate of drug-likeness (QED) is 0.824. The van der Waals surface area contributed by atoms with Crippen molar-refractivity contribution in [2.75, 3.05) is 19.6 Å². The van der Waals surface area contributed by atoms with Gasteiger partial charge in [0.25, 0.3) is 0 Å². The molecule has 0 atom stereocenters. The van der Waals surface area contributed by atoms with Gasteiger partial charge in [-0.05, 0) is 43.2 Å². The summed E-state index contributed by atoms with van der Waals surface area (Å²) >= 11 is 1.55. The Morgan fingerprint density at radius 1 is 1.27 bits per heavy atom. The van der Waals surface area contributed by atoms with E-state index in [2.05, 4.69) is 10.3 Å². The maximum atomic E-state index is 13.7. The number of rotatable bonds is 6. The molecule has 0 saturated carbocycles. The smallest absolute Gasteiger partial charge is 0.317 e. The van der Waals surface area contributed by atoms with Crippen molar-refractivity contribution in [3.05, 3.63) is 52.0 Å². The van der Waals surface area contributed by atoms with E-state index < -0.39 is 11.6 Å². The van der Waals surface area contributed by atoms with Crippen molar-refractivity contribution in [2.24, 2.45) is 5.92 Å². The molecule has 2 amide bonds. The molecule has 1 fully saturated rings. The Bertz CT molecular complexity index is 716. The summed E-state index contributed by atoms with van der Waals surface area (Å²) in [7, 11) is 0. The predicted molar refractivity (Wildman–Crippen MR) is 98.2 cm³/mol. The fraction of sp³-hybridized carbons (Fsp3) is 0.474. The van der Waals surface area contributed by atoms with Crippen molar-refractivity contribution in [3.63, 3.8) is 0 Å². The first-order valence-electron chi connectivity index (χ1n) is 8.95. The Labute approximate surface area is 156 Å². The van der Waals surface area contributed by atoms with Gasteiger partial charge in [0.2, 0.25) is 0 Å². The number of urea groups is 1. The largest absolute Gasteiger partial charge is 0.338 e. The summed E-state index contributed by atoms with van der Waals surface area (Å²) in [6.45, 7) is 2.03. The highest BCUT2D eigenvalue weighted by Crippen LogP contribution is 2.23. The summed E-state index contributed by atoms with van der Waals surface area (Å²) in [5.74, 6) is -0.541. The van der Waals surface area contributed by atoms with E-state index in [1.165, 1.54) is 12.1 Å². The zero-order valence-corrected chi connectivity index (χ0v) is 15.4. The maximum Gasteiger partial charge on any atom is 0.317 e. The molecule has 140 valence electrons. The highest BCUT2D eigenvalue weighted by Gasteiger charge is 2.22. The minimum Gasteiger partial charge on any atom is -0.338 e. The molecule has 7 heteroatoms. The monoisotopic (exact) mass is 379 g/mol. The third-order valence-electron chi connectivity index (χ3n) is 4.88. The molecule has 1 aliphatic rings. The average Bonchev–Trinajstić information content (AvgIpc) is 3.15. The Kier molecular flexibility index (Phi) is 6.55. The lowest BCUT2D eigenvalue weighted by Crippen LogP contribution is -2.45. The van der Waals surface area contributed by atoms with Crippen LogP contribution >= 0.6 is 11.3 Å². The molecule has 26 heavy (non-hydrogen) atoms. The van der Waals surface area contributed by atoms with Crippen LogP contribution in [0.1, 0.15) is 30.5 Å². The van der Waals surface area contributed by atoms with Gasteiger partial charge in [0.05, 0.1) is 11.2 Å². The van der Waals surface area contributed by atoms with Gasteiger partial charge in [0.15, 0.2) is 0 Å². The van der Waals surface area contributed by atoms with Gasteiger partial charge in [-0.25, -0.2) is 18.6 Å². The summed E-state index contributed by atoms with van der Waals surface area (Å²) in [5.41, 5.74) is 3.36. The van der Waals surface area contributed by atoms with E-state index in [9.17, 15) is 13.6 Å². The van der Waals surface area contributed by atoms with Gasteiger partial charge in [-0.2, -0.15) is 0 Å². The lowest BCUT2D eigenvalue weighted by molar-refractivity contribution is 0.168. The number of piperidine rings is 1. The van der Waals surface area contributed by atoms with Crippen LogP contribution in [0.25, 0.3) is 0 Å². The number of nitrogens with zero attached hydrogens (tertiary/aromatic N) is 2. The van der Waals surface area contributed by atoms with Crippen LogP contribution in [0, 0.1) is 17.6 Å². The zero-order valence-electron chi connectivity index (χ0n) is 14.6. The first-order chi connectivity index (χ1) is 12.6. The van der Waals surface area contributed by atoms with Gasteiger partial charge >= 0.3 is 6.03 Å². The first-order valence-corrected chi connectivity index (χ1v) is 9.90. The number of aromatic nitrogens is 1. The predicted octanol–water partition coefficient (Wildman–Crippen LogP) is 4.02. The third-order valence-corrected chi connectivity index (χ3v) is 5.51. The molecular formula is C19H23F2N3OS. The zero-order chi connectivity index (χ0) is 18.4. The summed E-state index contributed by atoms with van der Waals surface area (Å²) in [4.78, 5) is 18.2. The van der Waals surface area contributed by atoms with Crippen LogP contribution in [-0.4, -0.2) is 35.5 Å². The summed E-state index contributed by atoms with van der Waals surface area (Å²) in [6, 6.07) is 3.74. The first kappa shape index (κ1) is 18.8. The molecule has 0 radical (unpaired) electrons. The molecule has 1 aromatic carbocycles. The van der Waals surface area contributed by atoms with Crippen LogP contribution in [0.5, 0.6) is 0 Å². The number of halogens is 2. The number of nitrogens with one attached hydrogen (secondary N) is 1. The number of benzene rings is 1. The standard InChI is InChI=1S/C19H23F2N3OS/c20-16-4-3-15(18(21)11-16)2-1-14-6-9-24(10-7-14)19(25)22-8-5-17-12-26-13-23-17/h3-4,11-14H,1-2,5-10H2,(H,22,25). The Morgan fingerprint density at radius 2 is 2.08 bits per heavy atom. The van der Waals surface area contributed by atoms with Crippen molar-refractivity contribution >= 4 is 17.4 Å². The molecule has 3 rings (SSSR count). The lowest BCUT2D eigenvalue weighted by atomic mass is 9.90. The Hall–Kier alpha value is -2.02. The molecule has 1 aromatic heterocycles. The number of aryl methyl sites for hydroxylation is 1. The van der Waals surface area contributed by atoms with Crippen molar-refractivity contribution in [3.8, 4) is 0 Å². The molecule has 2 aromatic rings. The number of likely N-dealkylation sites (tertiary alicyclic amines) is 1. The highest BCUT2D eigenvalue weighted by molar-refractivity contribution is 7.07. The SMILES string of the molecule is O=C(NCCc1cscn1)N1CCC(CCc2ccc(F)cc2F)CC1.